The van der Waals surface area contributed by atoms with Crippen molar-refractivity contribution in [3.8, 4) is 0 Å². The van der Waals surface area contributed by atoms with Crippen LogP contribution in [0.25, 0.3) is 10.8 Å². The van der Waals surface area contributed by atoms with Crippen LogP contribution in [-0.4, -0.2) is 21.5 Å². The van der Waals surface area contributed by atoms with Crippen molar-refractivity contribution in [1.82, 2.24) is 9.44 Å². The van der Waals surface area contributed by atoms with Crippen molar-refractivity contribution in [2.45, 2.75) is 13.0 Å². The third-order valence-electron chi connectivity index (χ3n) is 3.04. The molecule has 2 aromatic carbocycles. The molecule has 0 radical (unpaired) electrons. The summed E-state index contributed by atoms with van der Waals surface area (Å²) in [6, 6.07) is 13.3. The first kappa shape index (κ1) is 14.9. The van der Waals surface area contributed by atoms with Gasteiger partial charge in [-0.05, 0) is 22.4 Å². The summed E-state index contributed by atoms with van der Waals surface area (Å²) in [7, 11) is -3.52. The minimum absolute atomic E-state index is 0.197. The van der Waals surface area contributed by atoms with Gasteiger partial charge in [0, 0.05) is 13.1 Å². The van der Waals surface area contributed by atoms with Crippen molar-refractivity contribution in [1.29, 1.82) is 0 Å². The summed E-state index contributed by atoms with van der Waals surface area (Å²) < 4.78 is 28.5. The topological polar surface area (TPSA) is 84.2 Å². The molecule has 2 aromatic rings. The smallest absolute Gasteiger partial charge is 0.277 e. The molecular weight excluding hydrogens is 274 g/mol. The first-order valence-corrected chi connectivity index (χ1v) is 7.99. The van der Waals surface area contributed by atoms with Gasteiger partial charge in [0.1, 0.15) is 0 Å². The second kappa shape index (κ2) is 6.32. The van der Waals surface area contributed by atoms with Crippen LogP contribution in [0.15, 0.2) is 42.5 Å². The van der Waals surface area contributed by atoms with Crippen molar-refractivity contribution >= 4 is 21.0 Å². The highest BCUT2D eigenvalue weighted by atomic mass is 32.2. The number of nitrogens with one attached hydrogen (secondary N) is 2. The van der Waals surface area contributed by atoms with E-state index >= 15 is 0 Å². The SMILES string of the molecule is CCNS(=O)(=O)NC(CN)c1ccc2ccccc2c1. The van der Waals surface area contributed by atoms with E-state index < -0.39 is 16.3 Å². The number of nitrogens with two attached hydrogens (primary N) is 1. The van der Waals surface area contributed by atoms with Crippen LogP contribution in [0.1, 0.15) is 18.5 Å². The van der Waals surface area contributed by atoms with Gasteiger partial charge in [-0.2, -0.15) is 13.1 Å². The Labute approximate surface area is 119 Å². The maximum atomic E-state index is 11.8. The Morgan fingerprint density at radius 2 is 1.85 bits per heavy atom. The first-order chi connectivity index (χ1) is 9.55. The molecule has 0 aliphatic rings. The maximum Gasteiger partial charge on any atom is 0.277 e. The van der Waals surface area contributed by atoms with Crippen LogP contribution in [0, 0.1) is 0 Å². The quantitative estimate of drug-likeness (QED) is 0.750. The fourth-order valence-corrected chi connectivity index (χ4v) is 3.17. The summed E-state index contributed by atoms with van der Waals surface area (Å²) in [5.74, 6) is 0. The minimum Gasteiger partial charge on any atom is -0.329 e. The van der Waals surface area contributed by atoms with Crippen LogP contribution in [0.5, 0.6) is 0 Å². The molecular formula is C14H19N3O2S. The molecule has 0 amide bonds. The van der Waals surface area contributed by atoms with Gasteiger partial charge in [0.15, 0.2) is 0 Å². The van der Waals surface area contributed by atoms with E-state index in [0.29, 0.717) is 6.54 Å². The van der Waals surface area contributed by atoms with Gasteiger partial charge in [0.05, 0.1) is 6.04 Å². The van der Waals surface area contributed by atoms with E-state index in [-0.39, 0.29) is 6.54 Å². The van der Waals surface area contributed by atoms with Gasteiger partial charge in [-0.25, -0.2) is 4.72 Å². The van der Waals surface area contributed by atoms with E-state index in [9.17, 15) is 8.42 Å². The molecule has 0 aliphatic carbocycles. The lowest BCUT2D eigenvalue weighted by atomic mass is 10.0. The molecule has 0 saturated carbocycles. The monoisotopic (exact) mass is 293 g/mol. The standard InChI is InChI=1S/C14H19N3O2S/c1-2-16-20(18,19)17-14(10-15)13-8-7-11-5-3-4-6-12(11)9-13/h3-9,14,16-17H,2,10,15H2,1H3. The predicted molar refractivity (Wildman–Crippen MR) is 81.5 cm³/mol. The van der Waals surface area contributed by atoms with Crippen molar-refractivity contribution < 1.29 is 8.42 Å². The Morgan fingerprint density at radius 1 is 1.15 bits per heavy atom. The highest BCUT2D eigenvalue weighted by Crippen LogP contribution is 2.20. The molecule has 20 heavy (non-hydrogen) atoms. The van der Waals surface area contributed by atoms with Gasteiger partial charge in [-0.1, -0.05) is 43.3 Å². The summed E-state index contributed by atoms with van der Waals surface area (Å²) in [5, 5.41) is 2.17. The van der Waals surface area contributed by atoms with Crippen molar-refractivity contribution in [2.75, 3.05) is 13.1 Å². The van der Waals surface area contributed by atoms with E-state index in [2.05, 4.69) is 9.44 Å². The number of rotatable bonds is 6. The van der Waals surface area contributed by atoms with E-state index in [1.54, 1.807) is 6.92 Å². The number of benzene rings is 2. The van der Waals surface area contributed by atoms with E-state index in [4.69, 9.17) is 5.73 Å². The minimum atomic E-state index is -3.52. The largest absolute Gasteiger partial charge is 0.329 e. The molecule has 0 spiro atoms. The van der Waals surface area contributed by atoms with Gasteiger partial charge < -0.3 is 5.73 Å². The highest BCUT2D eigenvalue weighted by molar-refractivity contribution is 7.87. The third-order valence-corrected chi connectivity index (χ3v) is 4.31. The third kappa shape index (κ3) is 3.55. The van der Waals surface area contributed by atoms with E-state index in [1.165, 1.54) is 0 Å². The molecule has 6 heteroatoms. The van der Waals surface area contributed by atoms with E-state index in [0.717, 1.165) is 16.3 Å². The number of hydrogen-bond donors (Lipinski definition) is 3. The van der Waals surface area contributed by atoms with Gasteiger partial charge in [0.2, 0.25) is 0 Å². The molecule has 1 atom stereocenters. The zero-order valence-corrected chi connectivity index (χ0v) is 12.2. The van der Waals surface area contributed by atoms with Crippen LogP contribution in [0.2, 0.25) is 0 Å². The Balaban J connectivity index is 2.30. The average Bonchev–Trinajstić information content (AvgIpc) is 2.44. The Bertz CT molecular complexity index is 686. The molecule has 2 rings (SSSR count). The van der Waals surface area contributed by atoms with Gasteiger partial charge in [-0.15, -0.1) is 0 Å². The Hall–Kier alpha value is -1.47. The van der Waals surface area contributed by atoms with Crippen LogP contribution in [0.3, 0.4) is 0 Å². The van der Waals surface area contributed by atoms with Gasteiger partial charge in [-0.3, -0.25) is 0 Å². The van der Waals surface area contributed by atoms with E-state index in [1.807, 2.05) is 42.5 Å². The predicted octanol–water partition coefficient (Wildman–Crippen LogP) is 1.28. The second-order valence-corrected chi connectivity index (χ2v) is 6.05. The molecule has 0 saturated heterocycles. The average molecular weight is 293 g/mol. The Morgan fingerprint density at radius 3 is 2.50 bits per heavy atom. The van der Waals surface area contributed by atoms with Crippen LogP contribution in [-0.2, 0) is 10.2 Å². The molecule has 108 valence electrons. The van der Waals surface area contributed by atoms with Gasteiger partial charge >= 0.3 is 0 Å². The molecule has 0 bridgehead atoms. The normalized spacial score (nSPS) is 13.5. The fraction of sp³-hybridized carbons (Fsp3) is 0.286. The lowest BCUT2D eigenvalue weighted by molar-refractivity contribution is 0.546. The molecule has 0 aromatic heterocycles. The molecule has 0 aliphatic heterocycles. The fourth-order valence-electron chi connectivity index (χ4n) is 2.10. The molecule has 0 heterocycles. The van der Waals surface area contributed by atoms with Crippen LogP contribution < -0.4 is 15.2 Å². The molecule has 1 unspecified atom stereocenters. The van der Waals surface area contributed by atoms with Crippen molar-refractivity contribution in [2.24, 2.45) is 5.73 Å². The summed E-state index contributed by atoms with van der Waals surface area (Å²) in [6.45, 7) is 2.26. The van der Waals surface area contributed by atoms with Gasteiger partial charge in [0.25, 0.3) is 10.2 Å². The zero-order chi connectivity index (χ0) is 14.6. The highest BCUT2D eigenvalue weighted by Gasteiger charge is 2.17. The summed E-state index contributed by atoms with van der Waals surface area (Å²) >= 11 is 0. The van der Waals surface area contributed by atoms with Crippen molar-refractivity contribution in [3.63, 3.8) is 0 Å². The summed E-state index contributed by atoms with van der Waals surface area (Å²) in [4.78, 5) is 0. The van der Waals surface area contributed by atoms with Crippen LogP contribution >= 0.6 is 0 Å². The number of fused-ring (bicyclic) bond motifs is 1. The van der Waals surface area contributed by atoms with Crippen LogP contribution in [0.4, 0.5) is 0 Å². The summed E-state index contributed by atoms with van der Waals surface area (Å²) in [6.07, 6.45) is 0. The first-order valence-electron chi connectivity index (χ1n) is 6.51. The van der Waals surface area contributed by atoms with Crippen molar-refractivity contribution in [3.05, 3.63) is 48.0 Å². The lowest BCUT2D eigenvalue weighted by Gasteiger charge is -2.18. The zero-order valence-electron chi connectivity index (χ0n) is 11.3. The molecule has 4 N–H and O–H groups in total. The summed E-state index contributed by atoms with van der Waals surface area (Å²) in [5.41, 5.74) is 6.55. The lowest BCUT2D eigenvalue weighted by Crippen LogP contribution is -2.41. The molecule has 5 nitrogen and oxygen atoms in total. The maximum absolute atomic E-state index is 11.8. The Kier molecular flexibility index (Phi) is 4.72. The molecule has 0 fully saturated rings. The second-order valence-electron chi connectivity index (χ2n) is 4.51. The number of hydrogen-bond acceptors (Lipinski definition) is 3.